The largest absolute Gasteiger partial charge is 0.413 e. The number of nitrogens with one attached hydrogen (secondary N) is 1. The van der Waals surface area contributed by atoms with Gasteiger partial charge in [0.2, 0.25) is 0 Å². The molecular weight excluding hydrogens is 401 g/mol. The lowest BCUT2D eigenvalue weighted by Gasteiger charge is -2.35. The smallest absolute Gasteiger partial charge is 0.399 e. The number of carbonyl (C=O) groups is 1. The number of amides is 1. The molecule has 4 rings (SSSR count). The van der Waals surface area contributed by atoms with Gasteiger partial charge in [-0.05, 0) is 42.9 Å². The molecule has 1 aliphatic heterocycles. The van der Waals surface area contributed by atoms with Crippen LogP contribution in [0.3, 0.4) is 0 Å². The second-order valence-electron chi connectivity index (χ2n) is 7.30. The van der Waals surface area contributed by atoms with Crippen LogP contribution in [0.5, 0.6) is 5.06 Å². The predicted octanol–water partition coefficient (Wildman–Crippen LogP) is 4.59. The fourth-order valence-corrected chi connectivity index (χ4v) is 4.32. The standard InChI is InChI=1S/C23H24FN3O2S/c1-26-12-14-27(15-13-26)20-5-3-2-4-19(20)21-10-11-22(30-21)29-23(28)25-16-17-6-8-18(24)9-7-17/h2-11H,12-16H2,1H3,(H,25,28). The van der Waals surface area contributed by atoms with Gasteiger partial charge in [-0.1, -0.05) is 41.7 Å². The van der Waals surface area contributed by atoms with Crippen LogP contribution in [0.2, 0.25) is 0 Å². The van der Waals surface area contributed by atoms with Gasteiger partial charge in [-0.25, -0.2) is 9.18 Å². The molecule has 1 amide bonds. The van der Waals surface area contributed by atoms with Crippen molar-refractivity contribution in [1.82, 2.24) is 10.2 Å². The third kappa shape index (κ3) is 4.98. The topological polar surface area (TPSA) is 44.8 Å². The highest BCUT2D eigenvalue weighted by Crippen LogP contribution is 2.38. The number of nitrogens with zero attached hydrogens (tertiary/aromatic N) is 2. The molecule has 1 aromatic heterocycles. The van der Waals surface area contributed by atoms with E-state index < -0.39 is 6.09 Å². The maximum Gasteiger partial charge on any atom is 0.413 e. The minimum atomic E-state index is -0.528. The fraction of sp³-hybridized carbons (Fsp3) is 0.261. The lowest BCUT2D eigenvalue weighted by molar-refractivity contribution is 0.201. The molecule has 3 aromatic rings. The molecule has 1 aliphatic rings. The van der Waals surface area contributed by atoms with E-state index in [0.717, 1.165) is 42.2 Å². The van der Waals surface area contributed by atoms with Crippen molar-refractivity contribution in [1.29, 1.82) is 0 Å². The van der Waals surface area contributed by atoms with Crippen molar-refractivity contribution in [2.24, 2.45) is 0 Å². The molecular formula is C23H24FN3O2S. The van der Waals surface area contributed by atoms with Crippen molar-refractivity contribution in [3.8, 4) is 15.5 Å². The SMILES string of the molecule is CN1CCN(c2ccccc2-c2ccc(OC(=O)NCc3ccc(F)cc3)s2)CC1. The molecule has 7 heteroatoms. The molecule has 1 saturated heterocycles. The molecule has 0 atom stereocenters. The lowest BCUT2D eigenvalue weighted by atomic mass is 10.1. The Morgan fingerprint density at radius 2 is 1.77 bits per heavy atom. The summed E-state index contributed by atoms with van der Waals surface area (Å²) in [5.41, 5.74) is 3.16. The Balaban J connectivity index is 1.40. The van der Waals surface area contributed by atoms with Gasteiger partial charge in [0.25, 0.3) is 0 Å². The van der Waals surface area contributed by atoms with Crippen molar-refractivity contribution in [2.75, 3.05) is 38.1 Å². The highest BCUT2D eigenvalue weighted by atomic mass is 32.1. The second kappa shape index (κ2) is 9.28. The van der Waals surface area contributed by atoms with E-state index in [4.69, 9.17) is 4.74 Å². The Bertz CT molecular complexity index is 998. The highest BCUT2D eigenvalue weighted by Gasteiger charge is 2.18. The Morgan fingerprint density at radius 3 is 2.53 bits per heavy atom. The van der Waals surface area contributed by atoms with Gasteiger partial charge in [0.05, 0.1) is 0 Å². The molecule has 1 fully saturated rings. The molecule has 156 valence electrons. The Hall–Kier alpha value is -2.90. The van der Waals surface area contributed by atoms with Crippen LogP contribution in [0.4, 0.5) is 14.9 Å². The molecule has 2 aromatic carbocycles. The number of anilines is 1. The zero-order valence-corrected chi connectivity index (χ0v) is 17.6. The minimum absolute atomic E-state index is 0.281. The van der Waals surface area contributed by atoms with Crippen LogP contribution in [0, 0.1) is 5.82 Å². The summed E-state index contributed by atoms with van der Waals surface area (Å²) in [6.45, 7) is 4.36. The van der Waals surface area contributed by atoms with E-state index >= 15 is 0 Å². The van der Waals surface area contributed by atoms with Gasteiger partial charge in [0.1, 0.15) is 5.82 Å². The molecule has 0 spiro atoms. The second-order valence-corrected chi connectivity index (χ2v) is 8.34. The Kier molecular flexibility index (Phi) is 6.30. The molecule has 0 radical (unpaired) electrons. The van der Waals surface area contributed by atoms with Crippen molar-refractivity contribution in [3.63, 3.8) is 0 Å². The summed E-state index contributed by atoms with van der Waals surface area (Å²) in [7, 11) is 2.15. The van der Waals surface area contributed by atoms with Crippen LogP contribution in [-0.4, -0.2) is 44.2 Å². The van der Waals surface area contributed by atoms with E-state index in [1.807, 2.05) is 18.2 Å². The first kappa shape index (κ1) is 20.4. The third-order valence-corrected chi connectivity index (χ3v) is 6.13. The van der Waals surface area contributed by atoms with E-state index in [9.17, 15) is 9.18 Å². The summed E-state index contributed by atoms with van der Waals surface area (Å²) in [6.07, 6.45) is -0.528. The summed E-state index contributed by atoms with van der Waals surface area (Å²) in [6, 6.07) is 18.2. The van der Waals surface area contributed by atoms with E-state index in [1.54, 1.807) is 12.1 Å². The van der Waals surface area contributed by atoms with Crippen LogP contribution < -0.4 is 15.0 Å². The molecule has 0 unspecified atom stereocenters. The van der Waals surface area contributed by atoms with Crippen LogP contribution in [0.1, 0.15) is 5.56 Å². The van der Waals surface area contributed by atoms with Crippen LogP contribution in [-0.2, 0) is 6.54 Å². The number of hydrogen-bond acceptors (Lipinski definition) is 5. The minimum Gasteiger partial charge on any atom is -0.399 e. The van der Waals surface area contributed by atoms with Gasteiger partial charge in [-0.3, -0.25) is 0 Å². The van der Waals surface area contributed by atoms with Crippen molar-refractivity contribution in [2.45, 2.75) is 6.54 Å². The first-order valence-electron chi connectivity index (χ1n) is 9.91. The average Bonchev–Trinajstić information content (AvgIpc) is 3.22. The average molecular weight is 426 g/mol. The lowest BCUT2D eigenvalue weighted by Crippen LogP contribution is -2.44. The Morgan fingerprint density at radius 1 is 1.03 bits per heavy atom. The molecule has 1 N–H and O–H groups in total. The molecule has 30 heavy (non-hydrogen) atoms. The van der Waals surface area contributed by atoms with Crippen LogP contribution >= 0.6 is 11.3 Å². The number of rotatable bonds is 5. The Labute approximate surface area is 179 Å². The number of ether oxygens (including phenoxy) is 1. The molecule has 0 aliphatic carbocycles. The number of carbonyl (C=O) groups excluding carboxylic acids is 1. The third-order valence-electron chi connectivity index (χ3n) is 5.14. The number of piperazine rings is 1. The summed E-state index contributed by atoms with van der Waals surface area (Å²) < 4.78 is 18.4. The first-order valence-corrected chi connectivity index (χ1v) is 10.7. The number of para-hydroxylation sites is 1. The zero-order chi connectivity index (χ0) is 20.9. The van der Waals surface area contributed by atoms with Gasteiger partial charge in [0.15, 0.2) is 5.06 Å². The number of thiophene rings is 1. The van der Waals surface area contributed by atoms with E-state index in [-0.39, 0.29) is 12.4 Å². The van der Waals surface area contributed by atoms with E-state index in [2.05, 4.69) is 40.4 Å². The normalized spacial score (nSPS) is 14.5. The number of hydrogen-bond donors (Lipinski definition) is 1. The maximum absolute atomic E-state index is 13.0. The van der Waals surface area contributed by atoms with Crippen LogP contribution in [0.25, 0.3) is 10.4 Å². The fourth-order valence-electron chi connectivity index (χ4n) is 3.43. The first-order chi connectivity index (χ1) is 14.6. The monoisotopic (exact) mass is 425 g/mol. The van der Waals surface area contributed by atoms with Crippen molar-refractivity contribution in [3.05, 3.63) is 72.0 Å². The number of halogens is 1. The summed E-state index contributed by atoms with van der Waals surface area (Å²) in [5, 5.41) is 3.23. The molecule has 5 nitrogen and oxygen atoms in total. The summed E-state index contributed by atoms with van der Waals surface area (Å²) in [4.78, 5) is 17.9. The van der Waals surface area contributed by atoms with Gasteiger partial charge in [-0.2, -0.15) is 0 Å². The van der Waals surface area contributed by atoms with Gasteiger partial charge < -0.3 is 19.9 Å². The zero-order valence-electron chi connectivity index (χ0n) is 16.8. The summed E-state index contributed by atoms with van der Waals surface area (Å²) >= 11 is 1.45. The van der Waals surface area contributed by atoms with Gasteiger partial charge >= 0.3 is 6.09 Å². The van der Waals surface area contributed by atoms with E-state index in [1.165, 1.54) is 29.2 Å². The number of benzene rings is 2. The molecule has 2 heterocycles. The number of likely N-dealkylation sites (N-methyl/N-ethyl adjacent to an activating group) is 1. The van der Waals surface area contributed by atoms with Crippen LogP contribution in [0.15, 0.2) is 60.7 Å². The predicted molar refractivity (Wildman–Crippen MR) is 119 cm³/mol. The van der Waals surface area contributed by atoms with Crippen molar-refractivity contribution < 1.29 is 13.9 Å². The highest BCUT2D eigenvalue weighted by molar-refractivity contribution is 7.17. The van der Waals surface area contributed by atoms with Gasteiger partial charge in [-0.15, -0.1) is 0 Å². The van der Waals surface area contributed by atoms with E-state index in [0.29, 0.717) is 5.06 Å². The maximum atomic E-state index is 13.0. The van der Waals surface area contributed by atoms with Gasteiger partial charge in [0, 0.05) is 48.9 Å². The van der Waals surface area contributed by atoms with Crippen molar-refractivity contribution >= 4 is 23.1 Å². The molecule has 0 saturated carbocycles. The quantitative estimate of drug-likeness (QED) is 0.649. The molecule has 0 bridgehead atoms. The summed E-state index contributed by atoms with van der Waals surface area (Å²) in [5.74, 6) is -0.302.